The molecule has 0 radical (unpaired) electrons. The molecule has 1 saturated carbocycles. The molecule has 5 heteroatoms. The minimum absolute atomic E-state index is 0.318. The van der Waals surface area contributed by atoms with Crippen LogP contribution in [0, 0.1) is 23.7 Å². The highest BCUT2D eigenvalue weighted by Crippen LogP contribution is 2.51. The van der Waals surface area contributed by atoms with Crippen molar-refractivity contribution in [1.29, 1.82) is 0 Å². The topological polar surface area (TPSA) is 54.3 Å². The van der Waals surface area contributed by atoms with Crippen LogP contribution in [-0.2, 0) is 4.74 Å². The molecule has 1 aliphatic heterocycles. The van der Waals surface area contributed by atoms with E-state index in [1.165, 1.54) is 25.2 Å². The van der Waals surface area contributed by atoms with Crippen LogP contribution in [0.25, 0.3) is 0 Å². The molecule has 148 valence electrons. The van der Waals surface area contributed by atoms with Crippen molar-refractivity contribution in [3.05, 3.63) is 66.2 Å². The van der Waals surface area contributed by atoms with Gasteiger partial charge in [-0.05, 0) is 85.5 Å². The number of allylic oxidation sites excluding steroid dienone is 2. The monoisotopic (exact) mass is 387 g/mol. The zero-order valence-corrected chi connectivity index (χ0v) is 16.6. The van der Waals surface area contributed by atoms with Crippen LogP contribution in [0.5, 0.6) is 0 Å². The van der Waals surface area contributed by atoms with Crippen molar-refractivity contribution in [2.24, 2.45) is 33.9 Å². The standard InChI is InChI=1S/C24H25N3O2/c1-2-29-24(28)16-5-7-19(8-6-16)25-26-20-9-11-21(12-10-20)27-14-22-17-3-4-18(13-17)23(22)15-27/h3-12,17-18,22-23H,2,13-15H2,1H3/t17-,18+,22-,23+. The number of esters is 1. The van der Waals surface area contributed by atoms with Gasteiger partial charge in [-0.1, -0.05) is 12.2 Å². The van der Waals surface area contributed by atoms with Crippen LogP contribution in [-0.4, -0.2) is 25.7 Å². The van der Waals surface area contributed by atoms with Crippen molar-refractivity contribution >= 4 is 23.0 Å². The minimum Gasteiger partial charge on any atom is -0.462 e. The maximum absolute atomic E-state index is 11.7. The first-order chi connectivity index (χ1) is 14.2. The molecule has 1 saturated heterocycles. The molecule has 0 aromatic heterocycles. The Morgan fingerprint density at radius 1 is 0.931 bits per heavy atom. The third-order valence-corrected chi connectivity index (χ3v) is 6.54. The van der Waals surface area contributed by atoms with Gasteiger partial charge in [0.25, 0.3) is 0 Å². The molecule has 5 nitrogen and oxygen atoms in total. The number of fused-ring (bicyclic) bond motifs is 5. The molecule has 5 rings (SSSR count). The fourth-order valence-electron chi connectivity index (χ4n) is 5.09. The number of anilines is 1. The lowest BCUT2D eigenvalue weighted by Crippen LogP contribution is -2.22. The molecule has 2 aromatic carbocycles. The quantitative estimate of drug-likeness (QED) is 0.385. The zero-order chi connectivity index (χ0) is 19.8. The third kappa shape index (κ3) is 3.46. The molecule has 0 spiro atoms. The number of hydrogen-bond donors (Lipinski definition) is 0. The first-order valence-electron chi connectivity index (χ1n) is 10.4. The first-order valence-corrected chi connectivity index (χ1v) is 10.4. The van der Waals surface area contributed by atoms with E-state index in [2.05, 4.69) is 39.4 Å². The van der Waals surface area contributed by atoms with Crippen molar-refractivity contribution in [1.82, 2.24) is 0 Å². The van der Waals surface area contributed by atoms with E-state index in [4.69, 9.17) is 4.74 Å². The second-order valence-corrected chi connectivity index (χ2v) is 8.16. The summed E-state index contributed by atoms with van der Waals surface area (Å²) in [6, 6.07) is 15.3. The first kappa shape index (κ1) is 18.1. The molecule has 1 heterocycles. The summed E-state index contributed by atoms with van der Waals surface area (Å²) in [7, 11) is 0. The fraction of sp³-hybridized carbons (Fsp3) is 0.375. The SMILES string of the molecule is CCOC(=O)c1ccc(N=Nc2ccc(N3C[C@@H]4[C@H](C3)[C@@H]3C=C[C@H]4C3)cc2)cc1. The summed E-state index contributed by atoms with van der Waals surface area (Å²) in [6.45, 7) is 4.50. The van der Waals surface area contributed by atoms with Crippen LogP contribution in [0.2, 0.25) is 0 Å². The van der Waals surface area contributed by atoms with Crippen molar-refractivity contribution in [3.63, 3.8) is 0 Å². The maximum atomic E-state index is 11.7. The number of ether oxygens (including phenoxy) is 1. The molecule has 4 atom stereocenters. The predicted octanol–water partition coefficient (Wildman–Crippen LogP) is 5.54. The summed E-state index contributed by atoms with van der Waals surface area (Å²) in [6.07, 6.45) is 6.26. The minimum atomic E-state index is -0.318. The van der Waals surface area contributed by atoms with E-state index in [1.54, 1.807) is 31.2 Å². The van der Waals surface area contributed by atoms with Crippen LogP contribution in [0.3, 0.4) is 0 Å². The molecule has 29 heavy (non-hydrogen) atoms. The highest BCUT2D eigenvalue weighted by Gasteiger charge is 2.49. The van der Waals surface area contributed by atoms with E-state index in [0.29, 0.717) is 17.9 Å². The Bertz CT molecular complexity index is 929. The van der Waals surface area contributed by atoms with Crippen molar-refractivity contribution < 1.29 is 9.53 Å². The average Bonchev–Trinajstić information content (AvgIpc) is 3.47. The lowest BCUT2D eigenvalue weighted by Gasteiger charge is -2.20. The average molecular weight is 387 g/mol. The van der Waals surface area contributed by atoms with Crippen LogP contribution in [0.4, 0.5) is 17.1 Å². The Hall–Kier alpha value is -2.95. The summed E-state index contributed by atoms with van der Waals surface area (Å²) in [5.41, 5.74) is 3.33. The van der Waals surface area contributed by atoms with Crippen molar-refractivity contribution in [2.45, 2.75) is 13.3 Å². The number of carbonyl (C=O) groups is 1. The van der Waals surface area contributed by atoms with Gasteiger partial charge in [0.05, 0.1) is 23.5 Å². The van der Waals surface area contributed by atoms with Gasteiger partial charge in [-0.15, -0.1) is 0 Å². The van der Waals surface area contributed by atoms with Crippen LogP contribution >= 0.6 is 0 Å². The number of azo groups is 1. The van der Waals surface area contributed by atoms with Gasteiger partial charge in [-0.3, -0.25) is 0 Å². The van der Waals surface area contributed by atoms with Crippen LogP contribution in [0.15, 0.2) is 70.9 Å². The van der Waals surface area contributed by atoms with E-state index in [9.17, 15) is 4.79 Å². The zero-order valence-electron chi connectivity index (χ0n) is 16.6. The van der Waals surface area contributed by atoms with Crippen molar-refractivity contribution in [3.8, 4) is 0 Å². The number of carbonyl (C=O) groups excluding carboxylic acids is 1. The summed E-state index contributed by atoms with van der Waals surface area (Å²) in [5.74, 6) is 2.96. The Labute approximate surface area is 171 Å². The number of nitrogens with zero attached hydrogens (tertiary/aromatic N) is 3. The Morgan fingerprint density at radius 3 is 2.03 bits per heavy atom. The lowest BCUT2D eigenvalue weighted by molar-refractivity contribution is 0.0526. The van der Waals surface area contributed by atoms with E-state index >= 15 is 0 Å². The smallest absolute Gasteiger partial charge is 0.338 e. The van der Waals surface area contributed by atoms with Gasteiger partial charge in [0.15, 0.2) is 0 Å². The van der Waals surface area contributed by atoms with Gasteiger partial charge in [0.1, 0.15) is 0 Å². The lowest BCUT2D eigenvalue weighted by atomic mass is 9.86. The number of hydrogen-bond acceptors (Lipinski definition) is 5. The molecular formula is C24H25N3O2. The van der Waals surface area contributed by atoms with Gasteiger partial charge < -0.3 is 9.64 Å². The van der Waals surface area contributed by atoms with Crippen molar-refractivity contribution in [2.75, 3.05) is 24.6 Å². The molecule has 2 aliphatic carbocycles. The second-order valence-electron chi connectivity index (χ2n) is 8.16. The van der Waals surface area contributed by atoms with E-state index in [0.717, 1.165) is 29.4 Å². The second kappa shape index (κ2) is 7.47. The molecule has 2 aromatic rings. The summed E-state index contributed by atoms with van der Waals surface area (Å²) >= 11 is 0. The Balaban J connectivity index is 1.21. The fourth-order valence-corrected chi connectivity index (χ4v) is 5.09. The highest BCUT2D eigenvalue weighted by molar-refractivity contribution is 5.89. The number of benzene rings is 2. The highest BCUT2D eigenvalue weighted by atomic mass is 16.5. The molecule has 0 unspecified atom stereocenters. The van der Waals surface area contributed by atoms with Crippen LogP contribution < -0.4 is 4.90 Å². The van der Waals surface area contributed by atoms with E-state index in [-0.39, 0.29) is 5.97 Å². The summed E-state index contributed by atoms with van der Waals surface area (Å²) in [5, 5.41) is 8.60. The van der Waals surface area contributed by atoms with Gasteiger partial charge in [-0.2, -0.15) is 10.2 Å². The molecule has 2 bridgehead atoms. The van der Waals surface area contributed by atoms with Gasteiger partial charge in [0, 0.05) is 18.8 Å². The van der Waals surface area contributed by atoms with Gasteiger partial charge in [0.2, 0.25) is 0 Å². The summed E-state index contributed by atoms with van der Waals surface area (Å²) in [4.78, 5) is 14.2. The van der Waals surface area contributed by atoms with E-state index in [1.807, 2.05) is 12.1 Å². The Kier molecular flexibility index (Phi) is 4.66. The molecular weight excluding hydrogens is 362 g/mol. The van der Waals surface area contributed by atoms with E-state index < -0.39 is 0 Å². The molecule has 2 fully saturated rings. The molecule has 3 aliphatic rings. The van der Waals surface area contributed by atoms with Crippen LogP contribution in [0.1, 0.15) is 23.7 Å². The molecule has 0 N–H and O–H groups in total. The summed E-state index contributed by atoms with van der Waals surface area (Å²) < 4.78 is 4.99. The normalized spacial score (nSPS) is 27.0. The largest absolute Gasteiger partial charge is 0.462 e. The van der Waals surface area contributed by atoms with Gasteiger partial charge >= 0.3 is 5.97 Å². The maximum Gasteiger partial charge on any atom is 0.338 e. The Morgan fingerprint density at radius 2 is 1.48 bits per heavy atom. The third-order valence-electron chi connectivity index (χ3n) is 6.54. The molecule has 0 amide bonds. The van der Waals surface area contributed by atoms with Gasteiger partial charge in [-0.25, -0.2) is 4.79 Å². The predicted molar refractivity (Wildman–Crippen MR) is 113 cm³/mol. The number of rotatable bonds is 5.